The van der Waals surface area contributed by atoms with Gasteiger partial charge in [0.25, 0.3) is 0 Å². The summed E-state index contributed by atoms with van der Waals surface area (Å²) in [5, 5.41) is 0.760. The summed E-state index contributed by atoms with van der Waals surface area (Å²) in [5.41, 5.74) is 4.28. The van der Waals surface area contributed by atoms with Gasteiger partial charge < -0.3 is 14.4 Å². The van der Waals surface area contributed by atoms with Crippen molar-refractivity contribution in [3.05, 3.63) is 88.9 Å². The maximum Gasteiger partial charge on any atom is 0.341 e. The highest BCUT2D eigenvalue weighted by Gasteiger charge is 2.18. The quantitative estimate of drug-likeness (QED) is 0.305. The molecular formula is C28H31ClN2O3. The zero-order valence-electron chi connectivity index (χ0n) is 19.6. The van der Waals surface area contributed by atoms with E-state index in [0.717, 1.165) is 50.7 Å². The smallest absolute Gasteiger partial charge is 0.341 e. The van der Waals surface area contributed by atoms with Crippen molar-refractivity contribution in [2.45, 2.75) is 13.0 Å². The SMILES string of the molecule is COC(=O)c1ccccc1OCCCN1CCN(Cc2ccccc2-c2ccc(Cl)cc2)CC1. The Labute approximate surface area is 206 Å². The molecule has 178 valence electrons. The van der Waals surface area contributed by atoms with E-state index >= 15 is 0 Å². The van der Waals surface area contributed by atoms with Gasteiger partial charge in [-0.3, -0.25) is 4.90 Å². The summed E-state index contributed by atoms with van der Waals surface area (Å²) >= 11 is 6.07. The summed E-state index contributed by atoms with van der Waals surface area (Å²) < 4.78 is 10.7. The Morgan fingerprint density at radius 3 is 2.32 bits per heavy atom. The van der Waals surface area contributed by atoms with Crippen LogP contribution in [0, 0.1) is 0 Å². The second kappa shape index (κ2) is 12.0. The predicted octanol–water partition coefficient (Wildman–Crippen LogP) is 5.38. The molecule has 0 N–H and O–H groups in total. The van der Waals surface area contributed by atoms with Crippen LogP contribution >= 0.6 is 11.6 Å². The van der Waals surface area contributed by atoms with Gasteiger partial charge in [0.1, 0.15) is 11.3 Å². The maximum absolute atomic E-state index is 11.9. The second-order valence-corrected chi connectivity index (χ2v) is 8.91. The summed E-state index contributed by atoms with van der Waals surface area (Å²) in [4.78, 5) is 16.9. The van der Waals surface area contributed by atoms with Gasteiger partial charge in [-0.1, -0.05) is 60.1 Å². The number of carbonyl (C=O) groups excluding carboxylic acids is 1. The number of esters is 1. The lowest BCUT2D eigenvalue weighted by Gasteiger charge is -2.35. The zero-order chi connectivity index (χ0) is 23.8. The minimum absolute atomic E-state index is 0.371. The van der Waals surface area contributed by atoms with Crippen LogP contribution in [0.3, 0.4) is 0 Å². The number of methoxy groups -OCH3 is 1. The van der Waals surface area contributed by atoms with Crippen LogP contribution in [0.4, 0.5) is 0 Å². The highest BCUT2D eigenvalue weighted by atomic mass is 35.5. The molecule has 0 aromatic heterocycles. The van der Waals surface area contributed by atoms with Crippen LogP contribution in [0.15, 0.2) is 72.8 Å². The average Bonchev–Trinajstić information content (AvgIpc) is 2.88. The van der Waals surface area contributed by atoms with Gasteiger partial charge in [0.15, 0.2) is 0 Å². The van der Waals surface area contributed by atoms with Crippen molar-refractivity contribution in [2.24, 2.45) is 0 Å². The number of ether oxygens (including phenoxy) is 2. The number of piperazine rings is 1. The van der Waals surface area contributed by atoms with Crippen molar-refractivity contribution in [1.29, 1.82) is 0 Å². The number of carbonyl (C=O) groups is 1. The summed E-state index contributed by atoms with van der Waals surface area (Å²) in [5.74, 6) is 0.211. The molecule has 6 heteroatoms. The van der Waals surface area contributed by atoms with Crippen molar-refractivity contribution >= 4 is 17.6 Å². The Hall–Kier alpha value is -2.86. The van der Waals surface area contributed by atoms with E-state index in [1.807, 2.05) is 30.3 Å². The molecule has 0 atom stereocenters. The van der Waals surface area contributed by atoms with E-state index in [1.54, 1.807) is 6.07 Å². The lowest BCUT2D eigenvalue weighted by molar-refractivity contribution is 0.0595. The lowest BCUT2D eigenvalue weighted by Crippen LogP contribution is -2.46. The fourth-order valence-corrected chi connectivity index (χ4v) is 4.45. The van der Waals surface area contributed by atoms with Crippen molar-refractivity contribution in [2.75, 3.05) is 46.4 Å². The van der Waals surface area contributed by atoms with Gasteiger partial charge in [-0.2, -0.15) is 0 Å². The number of nitrogens with zero attached hydrogens (tertiary/aromatic N) is 2. The van der Waals surface area contributed by atoms with Gasteiger partial charge in [0.2, 0.25) is 0 Å². The molecular weight excluding hydrogens is 448 g/mol. The monoisotopic (exact) mass is 478 g/mol. The molecule has 0 aliphatic carbocycles. The summed E-state index contributed by atoms with van der Waals surface area (Å²) in [6.07, 6.45) is 0.912. The minimum atomic E-state index is -0.371. The fourth-order valence-electron chi connectivity index (χ4n) is 4.32. The number of halogens is 1. The Morgan fingerprint density at radius 2 is 1.56 bits per heavy atom. The Bertz CT molecular complexity index is 1080. The van der Waals surface area contributed by atoms with Crippen molar-refractivity contribution in [1.82, 2.24) is 9.80 Å². The van der Waals surface area contributed by atoms with E-state index in [2.05, 4.69) is 46.2 Å². The zero-order valence-corrected chi connectivity index (χ0v) is 20.3. The van der Waals surface area contributed by atoms with Crippen LogP contribution < -0.4 is 4.74 Å². The molecule has 1 aliphatic rings. The highest BCUT2D eigenvalue weighted by molar-refractivity contribution is 6.30. The van der Waals surface area contributed by atoms with Crippen molar-refractivity contribution < 1.29 is 14.3 Å². The van der Waals surface area contributed by atoms with Gasteiger partial charge in [-0.15, -0.1) is 0 Å². The highest BCUT2D eigenvalue weighted by Crippen LogP contribution is 2.26. The number of hydrogen-bond acceptors (Lipinski definition) is 5. The molecule has 0 bridgehead atoms. The third-order valence-electron chi connectivity index (χ3n) is 6.20. The molecule has 1 saturated heterocycles. The minimum Gasteiger partial charge on any atom is -0.493 e. The van der Waals surface area contributed by atoms with Crippen molar-refractivity contribution in [3.8, 4) is 16.9 Å². The third-order valence-corrected chi connectivity index (χ3v) is 6.45. The first-order valence-electron chi connectivity index (χ1n) is 11.7. The molecule has 1 fully saturated rings. The number of hydrogen-bond donors (Lipinski definition) is 0. The van der Waals surface area contributed by atoms with Crippen LogP contribution in [0.1, 0.15) is 22.3 Å². The van der Waals surface area contributed by atoms with E-state index in [9.17, 15) is 4.79 Å². The second-order valence-electron chi connectivity index (χ2n) is 8.47. The first kappa shape index (κ1) is 24.3. The molecule has 4 rings (SSSR count). The van der Waals surface area contributed by atoms with E-state index < -0.39 is 0 Å². The molecule has 0 unspecified atom stereocenters. The molecule has 0 spiro atoms. The van der Waals surface area contributed by atoms with Crippen molar-refractivity contribution in [3.63, 3.8) is 0 Å². The number of benzene rings is 3. The van der Waals surface area contributed by atoms with Gasteiger partial charge in [-0.05, 0) is 47.4 Å². The lowest BCUT2D eigenvalue weighted by atomic mass is 9.99. The number of rotatable bonds is 9. The van der Waals surface area contributed by atoms with Crippen LogP contribution in [0.5, 0.6) is 5.75 Å². The van der Waals surface area contributed by atoms with E-state index in [4.69, 9.17) is 21.1 Å². The maximum atomic E-state index is 11.9. The number of para-hydroxylation sites is 1. The van der Waals surface area contributed by atoms with Crippen LogP contribution in [-0.2, 0) is 11.3 Å². The van der Waals surface area contributed by atoms with Gasteiger partial charge in [0, 0.05) is 44.3 Å². The molecule has 0 radical (unpaired) electrons. The van der Waals surface area contributed by atoms with E-state index in [-0.39, 0.29) is 5.97 Å². The topological polar surface area (TPSA) is 42.0 Å². The summed E-state index contributed by atoms with van der Waals surface area (Å²) in [6.45, 7) is 6.67. The van der Waals surface area contributed by atoms with Gasteiger partial charge in [0.05, 0.1) is 13.7 Å². The van der Waals surface area contributed by atoms with Gasteiger partial charge >= 0.3 is 5.97 Å². The van der Waals surface area contributed by atoms with Gasteiger partial charge in [-0.25, -0.2) is 4.79 Å². The van der Waals surface area contributed by atoms with E-state index in [0.29, 0.717) is 17.9 Å². The molecule has 0 saturated carbocycles. The Morgan fingerprint density at radius 1 is 0.882 bits per heavy atom. The Kier molecular flexibility index (Phi) is 8.58. The standard InChI is InChI=1S/C28H31ClN2O3/c1-33-28(32)26-9-4-5-10-27(26)34-20-6-15-30-16-18-31(19-17-30)21-23-7-2-3-8-25(23)22-11-13-24(29)14-12-22/h2-5,7-14H,6,15-21H2,1H3. The molecule has 0 amide bonds. The first-order valence-corrected chi connectivity index (χ1v) is 12.1. The molecule has 5 nitrogen and oxygen atoms in total. The molecule has 34 heavy (non-hydrogen) atoms. The molecule has 1 aliphatic heterocycles. The van der Waals surface area contributed by atoms with Crippen LogP contribution in [0.2, 0.25) is 5.02 Å². The largest absolute Gasteiger partial charge is 0.493 e. The fraction of sp³-hybridized carbons (Fsp3) is 0.321. The van der Waals surface area contributed by atoms with Crippen LogP contribution in [0.25, 0.3) is 11.1 Å². The summed E-state index contributed by atoms with van der Waals surface area (Å²) in [7, 11) is 1.38. The molecule has 1 heterocycles. The third kappa shape index (κ3) is 6.38. The predicted molar refractivity (Wildman–Crippen MR) is 136 cm³/mol. The van der Waals surface area contributed by atoms with E-state index in [1.165, 1.54) is 23.8 Å². The Balaban J connectivity index is 1.23. The van der Waals surface area contributed by atoms with Crippen LogP contribution in [-0.4, -0.2) is 62.2 Å². The molecule has 3 aromatic rings. The normalized spacial score (nSPS) is 14.6. The average molecular weight is 479 g/mol. The first-order chi connectivity index (χ1) is 16.6. The molecule has 3 aromatic carbocycles. The summed E-state index contributed by atoms with van der Waals surface area (Å²) in [6, 6.07) is 23.9.